The van der Waals surface area contributed by atoms with Crippen molar-refractivity contribution >= 4 is 0 Å². The van der Waals surface area contributed by atoms with Gasteiger partial charge in [0.25, 0.3) is 0 Å². The summed E-state index contributed by atoms with van der Waals surface area (Å²) in [5.74, 6) is 0. The third-order valence-corrected chi connectivity index (χ3v) is 1.63. The van der Waals surface area contributed by atoms with Gasteiger partial charge in [-0.2, -0.15) is 0 Å². The molecule has 1 aromatic rings. The monoisotopic (exact) mass is 185 g/mol. The lowest BCUT2D eigenvalue weighted by atomic mass is 10.2. The van der Waals surface area contributed by atoms with Gasteiger partial charge in [-0.05, 0) is 19.8 Å². The van der Waals surface area contributed by atoms with Crippen molar-refractivity contribution < 1.29 is 10.2 Å². The first-order valence-corrected chi connectivity index (χ1v) is 4.40. The first-order valence-electron chi connectivity index (χ1n) is 4.40. The van der Waals surface area contributed by atoms with Crippen LogP contribution in [0.4, 0.5) is 0 Å². The number of aliphatic hydroxyl groups excluding tert-OH is 2. The fourth-order valence-electron chi connectivity index (χ4n) is 1.07. The van der Waals surface area contributed by atoms with Crippen LogP contribution in [0.1, 0.15) is 19.0 Å². The Hall–Kier alpha value is -0.940. The van der Waals surface area contributed by atoms with Crippen LogP contribution in [-0.4, -0.2) is 37.9 Å². The third-order valence-electron chi connectivity index (χ3n) is 1.63. The molecule has 0 fully saturated rings. The van der Waals surface area contributed by atoms with Gasteiger partial charge < -0.3 is 10.2 Å². The zero-order chi connectivity index (χ0) is 9.68. The van der Waals surface area contributed by atoms with Crippen molar-refractivity contribution in [2.45, 2.75) is 32.4 Å². The third kappa shape index (κ3) is 3.52. The van der Waals surface area contributed by atoms with Crippen LogP contribution < -0.4 is 0 Å². The molecule has 0 bridgehead atoms. The highest BCUT2D eigenvalue weighted by Gasteiger charge is 2.02. The minimum absolute atomic E-state index is 0.170. The zero-order valence-corrected chi connectivity index (χ0v) is 7.72. The summed E-state index contributed by atoms with van der Waals surface area (Å²) in [6.07, 6.45) is 2.82. The van der Waals surface area contributed by atoms with Gasteiger partial charge in [0.15, 0.2) is 0 Å². The van der Waals surface area contributed by atoms with Crippen molar-refractivity contribution in [1.29, 1.82) is 0 Å². The largest absolute Gasteiger partial charge is 0.396 e. The smallest absolute Gasteiger partial charge is 0.0828 e. The van der Waals surface area contributed by atoms with E-state index >= 15 is 0 Å². The standard InChI is InChI=1S/C8H15N3O2/c1-7(13)5-11-6-8(9-10-11)3-2-4-12/h6-7,12-13H,2-5H2,1H3. The SMILES string of the molecule is CC(O)Cn1cc(CCCO)nn1. The summed E-state index contributed by atoms with van der Waals surface area (Å²) in [6.45, 7) is 2.34. The maximum atomic E-state index is 9.06. The van der Waals surface area contributed by atoms with Gasteiger partial charge in [-0.3, -0.25) is 0 Å². The highest BCUT2D eigenvalue weighted by molar-refractivity contribution is 4.92. The molecule has 13 heavy (non-hydrogen) atoms. The topological polar surface area (TPSA) is 71.2 Å². The van der Waals surface area contributed by atoms with Crippen LogP contribution in [0.2, 0.25) is 0 Å². The maximum absolute atomic E-state index is 9.06. The molecule has 1 heterocycles. The molecule has 0 aliphatic carbocycles. The van der Waals surface area contributed by atoms with Crippen molar-refractivity contribution in [3.8, 4) is 0 Å². The summed E-state index contributed by atoms with van der Waals surface area (Å²) < 4.78 is 1.61. The summed E-state index contributed by atoms with van der Waals surface area (Å²) in [5, 5.41) is 25.4. The van der Waals surface area contributed by atoms with Gasteiger partial charge in [0.05, 0.1) is 18.3 Å². The zero-order valence-electron chi connectivity index (χ0n) is 7.72. The lowest BCUT2D eigenvalue weighted by Crippen LogP contribution is -2.11. The molecule has 1 unspecified atom stereocenters. The molecule has 0 amide bonds. The van der Waals surface area contributed by atoms with E-state index in [1.54, 1.807) is 17.8 Å². The van der Waals surface area contributed by atoms with Crippen LogP contribution in [0, 0.1) is 0 Å². The summed E-state index contributed by atoms with van der Waals surface area (Å²) in [6, 6.07) is 0. The lowest BCUT2D eigenvalue weighted by molar-refractivity contribution is 0.167. The summed E-state index contributed by atoms with van der Waals surface area (Å²) in [7, 11) is 0. The van der Waals surface area contributed by atoms with Gasteiger partial charge in [0.1, 0.15) is 0 Å². The first kappa shape index (κ1) is 10.1. The van der Waals surface area contributed by atoms with Gasteiger partial charge in [0.2, 0.25) is 0 Å². The summed E-state index contributed by atoms with van der Waals surface area (Å²) in [5.41, 5.74) is 0.856. The van der Waals surface area contributed by atoms with E-state index in [4.69, 9.17) is 10.2 Å². The Morgan fingerprint density at radius 3 is 3.00 bits per heavy atom. The molecule has 0 aromatic carbocycles. The second-order valence-corrected chi connectivity index (χ2v) is 3.11. The van der Waals surface area contributed by atoms with E-state index in [2.05, 4.69) is 10.3 Å². The van der Waals surface area contributed by atoms with Crippen molar-refractivity contribution in [2.24, 2.45) is 0 Å². The van der Waals surface area contributed by atoms with Crippen LogP contribution in [0.25, 0.3) is 0 Å². The van der Waals surface area contributed by atoms with Gasteiger partial charge in [-0.25, -0.2) is 4.68 Å². The van der Waals surface area contributed by atoms with E-state index in [0.29, 0.717) is 13.0 Å². The molecular weight excluding hydrogens is 170 g/mol. The van der Waals surface area contributed by atoms with E-state index in [9.17, 15) is 0 Å². The van der Waals surface area contributed by atoms with Crippen molar-refractivity contribution in [3.05, 3.63) is 11.9 Å². The number of hydrogen-bond acceptors (Lipinski definition) is 4. The number of aliphatic hydroxyl groups is 2. The van der Waals surface area contributed by atoms with Gasteiger partial charge in [0, 0.05) is 12.8 Å². The predicted octanol–water partition coefficient (Wildman–Crippen LogP) is -0.416. The Morgan fingerprint density at radius 1 is 1.62 bits per heavy atom. The molecule has 5 heteroatoms. The van der Waals surface area contributed by atoms with Gasteiger partial charge >= 0.3 is 0 Å². The molecule has 0 saturated carbocycles. The number of nitrogens with zero attached hydrogens (tertiary/aromatic N) is 3. The first-order chi connectivity index (χ1) is 6.22. The van der Waals surface area contributed by atoms with Gasteiger partial charge in [-0.1, -0.05) is 5.21 Å². The Labute approximate surface area is 77.0 Å². The molecule has 1 atom stereocenters. The van der Waals surface area contributed by atoms with Crippen molar-refractivity contribution in [2.75, 3.05) is 6.61 Å². The quantitative estimate of drug-likeness (QED) is 0.654. The van der Waals surface area contributed by atoms with Crippen LogP contribution in [0.3, 0.4) is 0 Å². The van der Waals surface area contributed by atoms with Crippen LogP contribution >= 0.6 is 0 Å². The van der Waals surface area contributed by atoms with Gasteiger partial charge in [-0.15, -0.1) is 5.10 Å². The normalized spacial score (nSPS) is 13.2. The molecule has 5 nitrogen and oxygen atoms in total. The fraction of sp³-hybridized carbons (Fsp3) is 0.750. The molecule has 0 saturated heterocycles. The van der Waals surface area contributed by atoms with Crippen LogP contribution in [0.15, 0.2) is 6.20 Å². The minimum Gasteiger partial charge on any atom is -0.396 e. The molecule has 1 rings (SSSR count). The molecule has 0 radical (unpaired) electrons. The Morgan fingerprint density at radius 2 is 2.38 bits per heavy atom. The summed E-state index contributed by atoms with van der Waals surface area (Å²) in [4.78, 5) is 0. The van der Waals surface area contributed by atoms with Crippen LogP contribution in [-0.2, 0) is 13.0 Å². The predicted molar refractivity (Wildman–Crippen MR) is 47.1 cm³/mol. The molecule has 74 valence electrons. The molecule has 0 spiro atoms. The molecule has 0 aliphatic heterocycles. The number of hydrogen-bond donors (Lipinski definition) is 2. The minimum atomic E-state index is -0.410. The Bertz CT molecular complexity index is 247. The lowest BCUT2D eigenvalue weighted by Gasteiger charge is -2.01. The van der Waals surface area contributed by atoms with E-state index < -0.39 is 6.10 Å². The fourth-order valence-corrected chi connectivity index (χ4v) is 1.07. The second kappa shape index (κ2) is 4.94. The molecule has 1 aromatic heterocycles. The molecular formula is C8H15N3O2. The number of aryl methyl sites for hydroxylation is 1. The number of aromatic nitrogens is 3. The van der Waals surface area contributed by atoms with E-state index in [1.165, 1.54) is 0 Å². The van der Waals surface area contributed by atoms with E-state index in [1.807, 2.05) is 0 Å². The Balaban J connectivity index is 2.44. The average molecular weight is 185 g/mol. The van der Waals surface area contributed by atoms with Crippen molar-refractivity contribution in [1.82, 2.24) is 15.0 Å². The maximum Gasteiger partial charge on any atom is 0.0828 e. The highest BCUT2D eigenvalue weighted by atomic mass is 16.3. The Kier molecular flexibility index (Phi) is 3.85. The van der Waals surface area contributed by atoms with Crippen molar-refractivity contribution in [3.63, 3.8) is 0 Å². The number of rotatable bonds is 5. The second-order valence-electron chi connectivity index (χ2n) is 3.11. The van der Waals surface area contributed by atoms with Crippen LogP contribution in [0.5, 0.6) is 0 Å². The highest BCUT2D eigenvalue weighted by Crippen LogP contribution is 1.98. The molecule has 0 aliphatic rings. The van der Waals surface area contributed by atoms with E-state index in [0.717, 1.165) is 12.1 Å². The molecule has 2 N–H and O–H groups in total. The van der Waals surface area contributed by atoms with E-state index in [-0.39, 0.29) is 6.61 Å². The summed E-state index contributed by atoms with van der Waals surface area (Å²) >= 11 is 0. The average Bonchev–Trinajstić information content (AvgIpc) is 2.48.